The Morgan fingerprint density at radius 3 is 2.64 bits per heavy atom. The van der Waals surface area contributed by atoms with Gasteiger partial charge in [-0.25, -0.2) is 4.39 Å². The summed E-state index contributed by atoms with van der Waals surface area (Å²) in [6.45, 7) is 15.4. The highest BCUT2D eigenvalue weighted by Crippen LogP contribution is 2.29. The molecule has 9 nitrogen and oxygen atoms in total. The van der Waals surface area contributed by atoms with Crippen LogP contribution in [0.2, 0.25) is 0 Å². The van der Waals surface area contributed by atoms with Gasteiger partial charge >= 0.3 is 0 Å². The van der Waals surface area contributed by atoms with Crippen molar-refractivity contribution in [3.63, 3.8) is 0 Å². The third kappa shape index (κ3) is 5.65. The largest absolute Gasteiger partial charge is 0.360 e. The van der Waals surface area contributed by atoms with E-state index in [-0.39, 0.29) is 22.9 Å². The van der Waals surface area contributed by atoms with Crippen molar-refractivity contribution in [1.82, 2.24) is 25.0 Å². The Morgan fingerprint density at radius 1 is 1.19 bits per heavy atom. The molecule has 0 radical (unpaired) electrons. The van der Waals surface area contributed by atoms with Gasteiger partial charge in [0, 0.05) is 49.6 Å². The lowest BCUT2D eigenvalue weighted by Gasteiger charge is -2.37. The molecule has 1 aromatic rings. The van der Waals surface area contributed by atoms with E-state index in [2.05, 4.69) is 43.2 Å². The summed E-state index contributed by atoms with van der Waals surface area (Å²) in [6, 6.07) is -0.115. The summed E-state index contributed by atoms with van der Waals surface area (Å²) < 4.78 is 14.6. The van der Waals surface area contributed by atoms with Crippen LogP contribution in [-0.4, -0.2) is 108 Å². The fourth-order valence-electron chi connectivity index (χ4n) is 5.07. The van der Waals surface area contributed by atoms with Crippen molar-refractivity contribution in [3.8, 4) is 0 Å². The minimum absolute atomic E-state index is 0.0520. The Morgan fingerprint density at radius 2 is 1.94 bits per heavy atom. The van der Waals surface area contributed by atoms with Gasteiger partial charge in [-0.1, -0.05) is 19.6 Å². The van der Waals surface area contributed by atoms with E-state index >= 15 is 0 Å². The van der Waals surface area contributed by atoms with Crippen LogP contribution in [0.15, 0.2) is 29.3 Å². The maximum Gasteiger partial charge on any atom is 0.295 e. The molecule has 0 bridgehead atoms. The van der Waals surface area contributed by atoms with Gasteiger partial charge in [-0.3, -0.25) is 19.6 Å². The van der Waals surface area contributed by atoms with Crippen molar-refractivity contribution in [2.45, 2.75) is 32.2 Å². The average Bonchev–Trinajstić information content (AvgIpc) is 3.51. The van der Waals surface area contributed by atoms with Crippen LogP contribution in [0.25, 0.3) is 11.4 Å². The molecule has 194 valence electrons. The van der Waals surface area contributed by atoms with Crippen molar-refractivity contribution >= 4 is 34.8 Å². The number of piperazine rings is 1. The number of likely N-dealkylation sites (tertiary alicyclic amines) is 1. The molecular weight excluding hydrogens is 461 g/mol. The number of carbonyl (C=O) groups excluding carboxylic acids is 2. The van der Waals surface area contributed by atoms with E-state index in [1.165, 1.54) is 25.5 Å². The van der Waals surface area contributed by atoms with E-state index in [0.29, 0.717) is 44.1 Å². The van der Waals surface area contributed by atoms with Crippen LogP contribution in [0.1, 0.15) is 47.8 Å². The zero-order chi connectivity index (χ0) is 25.8. The number of nitrogens with one attached hydrogen (secondary N) is 2. The average molecular weight is 498 g/mol. The molecule has 2 fully saturated rings. The smallest absolute Gasteiger partial charge is 0.295 e. The molecule has 0 saturated carbocycles. The summed E-state index contributed by atoms with van der Waals surface area (Å²) >= 11 is 0. The monoisotopic (exact) mass is 497 g/mol. The number of rotatable bonds is 8. The first-order valence-corrected chi connectivity index (χ1v) is 12.6. The minimum Gasteiger partial charge on any atom is -0.360 e. The Kier molecular flexibility index (Phi) is 8.15. The number of amidine groups is 2. The van der Waals surface area contributed by atoms with E-state index in [1.807, 2.05) is 14.0 Å². The standard InChI is InChI=1S/C26H36FN7O2/c1-17-16-32(4)12-13-34(17)26(36)24(35)20-14-29-23(22(20)19(3)27)18(2)25-30-15-21(31-25)28-8-11-33-9-6-5-7-10-33/h14,17,29H,2-3,5-13,15-16H2,1,4H3,(H,28,30,31)/t17-/m1/s1. The number of ketones is 1. The zero-order valence-corrected chi connectivity index (χ0v) is 21.3. The predicted octanol–water partition coefficient (Wildman–Crippen LogP) is 2.20. The van der Waals surface area contributed by atoms with E-state index < -0.39 is 17.5 Å². The highest BCUT2D eigenvalue weighted by Gasteiger charge is 2.34. The molecule has 2 saturated heterocycles. The molecule has 36 heavy (non-hydrogen) atoms. The second-order valence-electron chi connectivity index (χ2n) is 9.80. The lowest BCUT2D eigenvalue weighted by Crippen LogP contribution is -2.54. The van der Waals surface area contributed by atoms with Crippen molar-refractivity contribution in [2.75, 3.05) is 59.4 Å². The Hall–Kier alpha value is -3.11. The van der Waals surface area contributed by atoms with Crippen molar-refractivity contribution in [2.24, 2.45) is 9.98 Å². The van der Waals surface area contributed by atoms with Gasteiger partial charge in [0.05, 0.1) is 24.3 Å². The summed E-state index contributed by atoms with van der Waals surface area (Å²) in [7, 11) is 1.97. The molecule has 1 atom stereocenters. The second-order valence-corrected chi connectivity index (χ2v) is 9.80. The molecule has 0 spiro atoms. The van der Waals surface area contributed by atoms with Crippen molar-refractivity contribution < 1.29 is 14.0 Å². The van der Waals surface area contributed by atoms with Crippen LogP contribution < -0.4 is 5.32 Å². The van der Waals surface area contributed by atoms with Crippen LogP contribution in [0, 0.1) is 0 Å². The summed E-state index contributed by atoms with van der Waals surface area (Å²) in [6.07, 6.45) is 5.13. The molecule has 1 aromatic heterocycles. The number of amides is 1. The fraction of sp³-hybridized carbons (Fsp3) is 0.538. The first-order valence-electron chi connectivity index (χ1n) is 12.6. The van der Waals surface area contributed by atoms with Crippen molar-refractivity contribution in [1.29, 1.82) is 0 Å². The number of piperidine rings is 1. The maximum atomic E-state index is 14.6. The van der Waals surface area contributed by atoms with E-state index in [0.717, 1.165) is 25.5 Å². The van der Waals surface area contributed by atoms with Crippen LogP contribution >= 0.6 is 0 Å². The molecule has 3 aliphatic rings. The van der Waals surface area contributed by atoms with Crippen LogP contribution in [-0.2, 0) is 4.79 Å². The van der Waals surface area contributed by atoms with Crippen LogP contribution in [0.5, 0.6) is 0 Å². The summed E-state index contributed by atoms with van der Waals surface area (Å²) in [4.78, 5) is 44.2. The molecule has 4 rings (SSSR count). The van der Waals surface area contributed by atoms with Gasteiger partial charge in [-0.05, 0) is 39.9 Å². The van der Waals surface area contributed by atoms with Crippen LogP contribution in [0.3, 0.4) is 0 Å². The highest BCUT2D eigenvalue weighted by molar-refractivity contribution is 6.44. The Labute approximate surface area is 211 Å². The summed E-state index contributed by atoms with van der Waals surface area (Å²) in [5.41, 5.74) is 0.541. The lowest BCUT2D eigenvalue weighted by atomic mass is 10.0. The van der Waals surface area contributed by atoms with Gasteiger partial charge in [0.2, 0.25) is 0 Å². The normalized spacial score (nSPS) is 22.4. The third-order valence-corrected chi connectivity index (χ3v) is 7.09. The van der Waals surface area contributed by atoms with E-state index in [4.69, 9.17) is 0 Å². The van der Waals surface area contributed by atoms with Gasteiger partial charge < -0.3 is 25.0 Å². The van der Waals surface area contributed by atoms with E-state index in [9.17, 15) is 14.0 Å². The number of carbonyl (C=O) groups is 2. The number of aliphatic imine (C=N–C) groups is 2. The summed E-state index contributed by atoms with van der Waals surface area (Å²) in [5.74, 6) is -1.05. The number of aromatic amines is 1. The zero-order valence-electron chi connectivity index (χ0n) is 21.3. The van der Waals surface area contributed by atoms with E-state index in [1.54, 1.807) is 4.90 Å². The number of H-pyrrole nitrogens is 1. The van der Waals surface area contributed by atoms with Gasteiger partial charge in [0.15, 0.2) is 0 Å². The third-order valence-electron chi connectivity index (χ3n) is 7.09. The number of hydrogen-bond acceptors (Lipinski definition) is 6. The number of Topliss-reactive ketones (excluding diaryl/α,β-unsaturated/α-hetero) is 1. The van der Waals surface area contributed by atoms with Crippen LogP contribution in [0.4, 0.5) is 4.39 Å². The first-order chi connectivity index (χ1) is 17.3. The Bertz CT molecular complexity index is 1100. The molecular formula is C26H36FN7O2. The molecule has 3 aliphatic heterocycles. The number of nitrogens with zero attached hydrogens (tertiary/aromatic N) is 5. The predicted molar refractivity (Wildman–Crippen MR) is 141 cm³/mol. The highest BCUT2D eigenvalue weighted by atomic mass is 19.1. The molecule has 10 heteroatoms. The minimum atomic E-state index is -0.816. The SMILES string of the molecule is C=C(C1=NCC(=NCCN2CCCCC2)N1)c1[nH]cc(C(=O)C(=O)N2CCN(C)C[C@H]2C)c1C(=C)F. The number of aromatic nitrogens is 1. The maximum absolute atomic E-state index is 14.6. The number of hydrogen-bond donors (Lipinski definition) is 2. The second kappa shape index (κ2) is 11.3. The van der Waals surface area contributed by atoms with Gasteiger partial charge in [-0.15, -0.1) is 0 Å². The first kappa shape index (κ1) is 26.0. The molecule has 2 N–H and O–H groups in total. The number of likely N-dealkylation sites (N-methyl/N-ethyl adjacent to an activating group) is 1. The van der Waals surface area contributed by atoms with Gasteiger partial charge in [-0.2, -0.15) is 0 Å². The molecule has 0 unspecified atom stereocenters. The van der Waals surface area contributed by atoms with Gasteiger partial charge in [0.1, 0.15) is 17.5 Å². The molecule has 4 heterocycles. The number of halogens is 1. The lowest BCUT2D eigenvalue weighted by molar-refractivity contribution is -0.130. The van der Waals surface area contributed by atoms with Crippen molar-refractivity contribution in [3.05, 3.63) is 36.2 Å². The fourth-order valence-corrected chi connectivity index (χ4v) is 5.07. The molecule has 1 amide bonds. The Balaban J connectivity index is 1.43. The summed E-state index contributed by atoms with van der Waals surface area (Å²) in [5, 5.41) is 3.16. The quantitative estimate of drug-likeness (QED) is 0.424. The molecule has 0 aromatic carbocycles. The topological polar surface area (TPSA) is 96.4 Å². The molecule has 0 aliphatic carbocycles. The van der Waals surface area contributed by atoms with Gasteiger partial charge in [0.25, 0.3) is 11.7 Å².